The first-order chi connectivity index (χ1) is 8.41. The molecular weight excluding hydrogens is 258 g/mol. The predicted octanol–water partition coefficient (Wildman–Crippen LogP) is 0.584. The first-order valence-electron chi connectivity index (χ1n) is 5.10. The van der Waals surface area contributed by atoms with E-state index in [1.54, 1.807) is 12.1 Å². The molecule has 0 aliphatic rings. The van der Waals surface area contributed by atoms with Crippen LogP contribution in [0.1, 0.15) is 5.56 Å². The average Bonchev–Trinajstić information content (AvgIpc) is 2.38. The Balaban J connectivity index is 2.93. The summed E-state index contributed by atoms with van der Waals surface area (Å²) in [6, 6.07) is 5.97. The number of hydroxylamine groups is 1. The molecule has 0 spiro atoms. The Morgan fingerprint density at radius 1 is 1.22 bits per heavy atom. The molecule has 0 amide bonds. The zero-order valence-electron chi connectivity index (χ0n) is 10.4. The minimum atomic E-state index is -3.64. The van der Waals surface area contributed by atoms with Crippen molar-refractivity contribution in [2.24, 2.45) is 0 Å². The van der Waals surface area contributed by atoms with Crippen molar-refractivity contribution in [3.05, 3.63) is 29.8 Å². The van der Waals surface area contributed by atoms with E-state index in [-0.39, 0.29) is 17.3 Å². The Bertz CT molecular complexity index is 509. The standard InChI is InChI=1S/C11H15NO5S/c1-12(17-3)18(14,15)10-6-4-9(5-7-10)8-11(13)16-2/h4-7H,8H2,1-3H3. The number of esters is 1. The second-order valence-electron chi connectivity index (χ2n) is 3.49. The molecule has 1 aromatic rings. The maximum Gasteiger partial charge on any atom is 0.309 e. The van der Waals surface area contributed by atoms with E-state index < -0.39 is 10.0 Å². The number of benzene rings is 1. The lowest BCUT2D eigenvalue weighted by Gasteiger charge is -2.14. The van der Waals surface area contributed by atoms with Crippen LogP contribution in [0.15, 0.2) is 29.2 Å². The van der Waals surface area contributed by atoms with Crippen molar-refractivity contribution in [1.82, 2.24) is 4.47 Å². The van der Waals surface area contributed by atoms with E-state index in [0.717, 1.165) is 4.47 Å². The molecule has 0 fully saturated rings. The van der Waals surface area contributed by atoms with Gasteiger partial charge in [-0.05, 0) is 17.7 Å². The number of nitrogens with zero attached hydrogens (tertiary/aromatic N) is 1. The average molecular weight is 273 g/mol. The zero-order valence-corrected chi connectivity index (χ0v) is 11.2. The molecule has 0 radical (unpaired) electrons. The fourth-order valence-electron chi connectivity index (χ4n) is 1.26. The summed E-state index contributed by atoms with van der Waals surface area (Å²) < 4.78 is 29.0. The molecule has 0 bridgehead atoms. The summed E-state index contributed by atoms with van der Waals surface area (Å²) in [5.41, 5.74) is 0.681. The van der Waals surface area contributed by atoms with E-state index in [4.69, 9.17) is 0 Å². The van der Waals surface area contributed by atoms with Crippen molar-refractivity contribution in [2.75, 3.05) is 21.3 Å². The maximum atomic E-state index is 11.9. The molecule has 1 aromatic carbocycles. The van der Waals surface area contributed by atoms with Crippen molar-refractivity contribution < 1.29 is 22.8 Å². The summed E-state index contributed by atoms with van der Waals surface area (Å²) in [7, 11) is 0.226. The quantitative estimate of drug-likeness (QED) is 0.579. The van der Waals surface area contributed by atoms with Crippen LogP contribution in [0, 0.1) is 0 Å². The van der Waals surface area contributed by atoms with Crippen molar-refractivity contribution >= 4 is 16.0 Å². The van der Waals surface area contributed by atoms with E-state index >= 15 is 0 Å². The van der Waals surface area contributed by atoms with Gasteiger partial charge in [-0.15, -0.1) is 0 Å². The number of hydrogen-bond acceptors (Lipinski definition) is 5. The Hall–Kier alpha value is -1.44. The number of sulfonamides is 1. The Kier molecular flexibility index (Phi) is 4.83. The highest BCUT2D eigenvalue weighted by atomic mass is 32.2. The van der Waals surface area contributed by atoms with Gasteiger partial charge in [0.2, 0.25) is 0 Å². The van der Waals surface area contributed by atoms with E-state index in [1.165, 1.54) is 33.4 Å². The molecular formula is C11H15NO5S. The minimum absolute atomic E-state index is 0.0977. The van der Waals surface area contributed by atoms with Crippen molar-refractivity contribution in [2.45, 2.75) is 11.3 Å². The summed E-state index contributed by atoms with van der Waals surface area (Å²) in [5, 5.41) is 0. The molecule has 0 atom stereocenters. The lowest BCUT2D eigenvalue weighted by molar-refractivity contribution is -0.139. The summed E-state index contributed by atoms with van der Waals surface area (Å²) in [6.45, 7) is 0. The van der Waals surface area contributed by atoms with Crippen LogP contribution in [0.5, 0.6) is 0 Å². The second-order valence-corrected chi connectivity index (χ2v) is 5.43. The topological polar surface area (TPSA) is 72.9 Å². The normalized spacial score (nSPS) is 11.6. The van der Waals surface area contributed by atoms with E-state index in [1.807, 2.05) is 0 Å². The lowest BCUT2D eigenvalue weighted by Crippen LogP contribution is -2.25. The fourth-order valence-corrected chi connectivity index (χ4v) is 2.24. The molecule has 7 heteroatoms. The molecule has 0 saturated carbocycles. The third-order valence-corrected chi connectivity index (χ3v) is 4.09. The number of hydrogen-bond donors (Lipinski definition) is 0. The van der Waals surface area contributed by atoms with Gasteiger partial charge < -0.3 is 4.74 Å². The van der Waals surface area contributed by atoms with Gasteiger partial charge >= 0.3 is 5.97 Å². The third kappa shape index (κ3) is 3.28. The van der Waals surface area contributed by atoms with Crippen LogP contribution in [-0.2, 0) is 30.8 Å². The van der Waals surface area contributed by atoms with Gasteiger partial charge in [0.25, 0.3) is 10.0 Å². The van der Waals surface area contributed by atoms with Crippen LogP contribution in [0.4, 0.5) is 0 Å². The van der Waals surface area contributed by atoms with Crippen LogP contribution in [0.2, 0.25) is 0 Å². The van der Waals surface area contributed by atoms with Crippen LogP contribution in [0.3, 0.4) is 0 Å². The highest BCUT2D eigenvalue weighted by molar-refractivity contribution is 7.89. The molecule has 0 unspecified atom stereocenters. The molecule has 0 heterocycles. The molecule has 100 valence electrons. The van der Waals surface area contributed by atoms with E-state index in [0.29, 0.717) is 5.56 Å². The summed E-state index contributed by atoms with van der Waals surface area (Å²) in [5.74, 6) is -0.375. The van der Waals surface area contributed by atoms with Gasteiger partial charge in [-0.1, -0.05) is 16.6 Å². The van der Waals surface area contributed by atoms with Gasteiger partial charge in [-0.3, -0.25) is 9.63 Å². The maximum absolute atomic E-state index is 11.9. The molecule has 1 rings (SSSR count). The minimum Gasteiger partial charge on any atom is -0.469 e. The van der Waals surface area contributed by atoms with Crippen LogP contribution >= 0.6 is 0 Å². The molecule has 0 N–H and O–H groups in total. The largest absolute Gasteiger partial charge is 0.469 e. The number of carbonyl (C=O) groups excluding carboxylic acids is 1. The highest BCUT2D eigenvalue weighted by Gasteiger charge is 2.20. The summed E-state index contributed by atoms with van der Waals surface area (Å²) in [4.78, 5) is 15.8. The van der Waals surface area contributed by atoms with E-state index in [9.17, 15) is 13.2 Å². The molecule has 6 nitrogen and oxygen atoms in total. The van der Waals surface area contributed by atoms with Gasteiger partial charge in [0.05, 0.1) is 25.5 Å². The number of ether oxygens (including phenoxy) is 1. The Morgan fingerprint density at radius 2 is 1.78 bits per heavy atom. The van der Waals surface area contributed by atoms with E-state index in [2.05, 4.69) is 9.57 Å². The third-order valence-electron chi connectivity index (χ3n) is 2.39. The molecule has 18 heavy (non-hydrogen) atoms. The second kappa shape index (κ2) is 5.94. The first kappa shape index (κ1) is 14.6. The number of carbonyl (C=O) groups is 1. The van der Waals surface area contributed by atoms with Crippen LogP contribution < -0.4 is 0 Å². The smallest absolute Gasteiger partial charge is 0.309 e. The van der Waals surface area contributed by atoms with Crippen molar-refractivity contribution in [1.29, 1.82) is 0 Å². The van der Waals surface area contributed by atoms with Gasteiger partial charge in [-0.2, -0.15) is 0 Å². The molecule has 0 aliphatic carbocycles. The molecule has 0 aromatic heterocycles. The zero-order chi connectivity index (χ0) is 13.8. The Morgan fingerprint density at radius 3 is 2.22 bits per heavy atom. The van der Waals surface area contributed by atoms with Crippen molar-refractivity contribution in [3.63, 3.8) is 0 Å². The van der Waals surface area contributed by atoms with Crippen LogP contribution in [-0.4, -0.2) is 40.1 Å². The van der Waals surface area contributed by atoms with Gasteiger partial charge in [0.15, 0.2) is 0 Å². The molecule has 0 saturated heterocycles. The Labute approximate surface area is 106 Å². The van der Waals surface area contributed by atoms with Crippen molar-refractivity contribution in [3.8, 4) is 0 Å². The van der Waals surface area contributed by atoms with Crippen LogP contribution in [0.25, 0.3) is 0 Å². The fraction of sp³-hybridized carbons (Fsp3) is 0.364. The SMILES string of the molecule is COC(=O)Cc1ccc(S(=O)(=O)N(C)OC)cc1. The number of rotatable bonds is 5. The van der Waals surface area contributed by atoms with Gasteiger partial charge in [0, 0.05) is 7.05 Å². The highest BCUT2D eigenvalue weighted by Crippen LogP contribution is 2.15. The monoisotopic (exact) mass is 273 g/mol. The predicted molar refractivity (Wildman–Crippen MR) is 64.1 cm³/mol. The summed E-state index contributed by atoms with van der Waals surface area (Å²) in [6.07, 6.45) is 0.108. The summed E-state index contributed by atoms with van der Waals surface area (Å²) >= 11 is 0. The van der Waals surface area contributed by atoms with Gasteiger partial charge in [-0.25, -0.2) is 8.42 Å². The van der Waals surface area contributed by atoms with Gasteiger partial charge in [0.1, 0.15) is 0 Å². The first-order valence-corrected chi connectivity index (χ1v) is 6.54. The molecule has 0 aliphatic heterocycles. The lowest BCUT2D eigenvalue weighted by atomic mass is 10.2. The number of methoxy groups -OCH3 is 1.